The van der Waals surface area contributed by atoms with Gasteiger partial charge >= 0.3 is 18.2 Å². The number of hydrogen-bond donors (Lipinski definition) is 1. The molecular weight excluding hydrogens is 623 g/mol. The number of nitrogens with zero attached hydrogens (tertiary/aromatic N) is 4. The Bertz CT molecular complexity index is 1830. The van der Waals surface area contributed by atoms with Crippen molar-refractivity contribution < 1.29 is 36.5 Å². The SMILES string of the molecule is C=CCOC(=O)C1=C(C)N(c2cccc(C(F)(F)F)c2)C(=O)N(CC(=O)NS(=O)c2ccc(C#N)cc2)C1c1ccc(C#N)cc1. The monoisotopic (exact) mass is 647 g/mol. The van der Waals surface area contributed by atoms with E-state index in [4.69, 9.17) is 10.00 Å². The van der Waals surface area contributed by atoms with Crippen LogP contribution < -0.4 is 9.62 Å². The van der Waals surface area contributed by atoms with Crippen molar-refractivity contribution in [3.8, 4) is 12.1 Å². The van der Waals surface area contributed by atoms with Gasteiger partial charge in [-0.3, -0.25) is 14.4 Å². The van der Waals surface area contributed by atoms with Crippen LogP contribution in [0, 0.1) is 22.7 Å². The summed E-state index contributed by atoms with van der Waals surface area (Å²) in [6, 6.07) is 16.8. The molecule has 1 aliphatic rings. The maximum Gasteiger partial charge on any atom is 0.416 e. The molecule has 0 aliphatic carbocycles. The lowest BCUT2D eigenvalue weighted by Crippen LogP contribution is -2.53. The van der Waals surface area contributed by atoms with Crippen LogP contribution in [0.25, 0.3) is 0 Å². The largest absolute Gasteiger partial charge is 0.458 e. The summed E-state index contributed by atoms with van der Waals surface area (Å²) in [4.78, 5) is 43.0. The van der Waals surface area contributed by atoms with E-state index < -0.39 is 53.2 Å². The first-order valence-electron chi connectivity index (χ1n) is 13.4. The highest BCUT2D eigenvalue weighted by molar-refractivity contribution is 7.83. The molecule has 1 N–H and O–H groups in total. The van der Waals surface area contributed by atoms with Crippen molar-refractivity contribution in [3.05, 3.63) is 119 Å². The van der Waals surface area contributed by atoms with E-state index in [2.05, 4.69) is 11.3 Å². The molecule has 2 atom stereocenters. The van der Waals surface area contributed by atoms with Gasteiger partial charge in [-0.2, -0.15) is 23.7 Å². The first kappa shape index (κ1) is 33.2. The fraction of sp³-hybridized carbons (Fsp3) is 0.156. The molecule has 0 aromatic heterocycles. The number of rotatable bonds is 9. The summed E-state index contributed by atoms with van der Waals surface area (Å²) in [5.41, 5.74) is -0.704. The lowest BCUT2D eigenvalue weighted by atomic mass is 9.92. The molecule has 46 heavy (non-hydrogen) atoms. The van der Waals surface area contributed by atoms with Crippen molar-refractivity contribution in [3.63, 3.8) is 0 Å². The molecule has 0 saturated carbocycles. The van der Waals surface area contributed by atoms with E-state index in [0.29, 0.717) is 5.56 Å². The third-order valence-electron chi connectivity index (χ3n) is 6.80. The van der Waals surface area contributed by atoms with E-state index in [-0.39, 0.29) is 39.6 Å². The molecule has 1 heterocycles. The first-order chi connectivity index (χ1) is 21.9. The van der Waals surface area contributed by atoms with Crippen LogP contribution in [0.4, 0.5) is 23.7 Å². The molecule has 14 heteroatoms. The molecule has 0 bridgehead atoms. The zero-order chi connectivity index (χ0) is 33.6. The van der Waals surface area contributed by atoms with Gasteiger partial charge in [-0.15, -0.1) is 0 Å². The number of amides is 3. The van der Waals surface area contributed by atoms with Gasteiger partial charge in [0.15, 0.2) is 11.0 Å². The number of benzene rings is 3. The molecule has 234 valence electrons. The van der Waals surface area contributed by atoms with Crippen molar-refractivity contribution in [2.24, 2.45) is 0 Å². The number of anilines is 1. The Hall–Kier alpha value is -5.73. The second-order valence-corrected chi connectivity index (χ2v) is 11.0. The zero-order valence-corrected chi connectivity index (χ0v) is 24.9. The van der Waals surface area contributed by atoms with Crippen LogP contribution in [-0.2, 0) is 31.5 Å². The Balaban J connectivity index is 1.84. The predicted octanol–water partition coefficient (Wildman–Crippen LogP) is 5.27. The molecule has 3 amide bonds. The minimum atomic E-state index is -4.75. The van der Waals surface area contributed by atoms with Crippen LogP contribution in [0.15, 0.2) is 102 Å². The van der Waals surface area contributed by atoms with Crippen molar-refractivity contribution in [1.29, 1.82) is 10.5 Å². The van der Waals surface area contributed by atoms with E-state index in [1.807, 2.05) is 12.1 Å². The Kier molecular flexibility index (Phi) is 10.0. The van der Waals surface area contributed by atoms with Gasteiger partial charge in [-0.05, 0) is 67.1 Å². The highest BCUT2D eigenvalue weighted by atomic mass is 32.2. The minimum Gasteiger partial charge on any atom is -0.458 e. The Morgan fingerprint density at radius 1 is 1.04 bits per heavy atom. The topological polar surface area (TPSA) is 144 Å². The second kappa shape index (κ2) is 13.9. The molecule has 3 aromatic carbocycles. The molecule has 3 aromatic rings. The van der Waals surface area contributed by atoms with Crippen molar-refractivity contribution in [2.75, 3.05) is 18.1 Å². The number of nitriles is 2. The van der Waals surface area contributed by atoms with Gasteiger partial charge in [0.05, 0.1) is 51.0 Å². The van der Waals surface area contributed by atoms with Gasteiger partial charge in [-0.25, -0.2) is 13.8 Å². The molecule has 10 nitrogen and oxygen atoms in total. The summed E-state index contributed by atoms with van der Waals surface area (Å²) >= 11 is 0. The smallest absolute Gasteiger partial charge is 0.416 e. The predicted molar refractivity (Wildman–Crippen MR) is 159 cm³/mol. The van der Waals surface area contributed by atoms with Crippen LogP contribution >= 0.6 is 0 Å². The molecular formula is C32H24F3N5O5S. The van der Waals surface area contributed by atoms with Gasteiger partial charge in [-0.1, -0.05) is 30.9 Å². The van der Waals surface area contributed by atoms with Gasteiger partial charge in [0.1, 0.15) is 13.2 Å². The van der Waals surface area contributed by atoms with E-state index >= 15 is 0 Å². The lowest BCUT2D eigenvalue weighted by molar-refractivity contribution is -0.139. The van der Waals surface area contributed by atoms with E-state index in [1.54, 1.807) is 0 Å². The summed E-state index contributed by atoms with van der Waals surface area (Å²) in [6.45, 7) is 3.83. The Morgan fingerprint density at radius 3 is 2.22 bits per heavy atom. The fourth-order valence-electron chi connectivity index (χ4n) is 4.70. The number of urea groups is 1. The first-order valence-corrected chi connectivity index (χ1v) is 14.5. The molecule has 1 aliphatic heterocycles. The number of hydrogen-bond acceptors (Lipinski definition) is 7. The van der Waals surface area contributed by atoms with Crippen LogP contribution in [0.1, 0.15) is 35.2 Å². The number of halogens is 3. The van der Waals surface area contributed by atoms with Crippen LogP contribution in [0.3, 0.4) is 0 Å². The molecule has 0 fully saturated rings. The van der Waals surface area contributed by atoms with Gasteiger partial charge in [0.25, 0.3) is 5.91 Å². The summed E-state index contributed by atoms with van der Waals surface area (Å²) in [6.07, 6.45) is -3.45. The second-order valence-electron chi connectivity index (χ2n) is 9.75. The maximum absolute atomic E-state index is 14.2. The summed E-state index contributed by atoms with van der Waals surface area (Å²) in [7, 11) is -2.12. The third-order valence-corrected chi connectivity index (χ3v) is 7.92. The van der Waals surface area contributed by atoms with Crippen molar-refractivity contribution in [1.82, 2.24) is 9.62 Å². The molecule has 0 spiro atoms. The average Bonchev–Trinajstić information content (AvgIpc) is 3.04. The van der Waals surface area contributed by atoms with E-state index in [0.717, 1.165) is 28.0 Å². The number of carbonyl (C=O) groups excluding carboxylic acids is 3. The number of esters is 1. The Labute approximate surface area is 264 Å². The third kappa shape index (κ3) is 7.14. The van der Waals surface area contributed by atoms with Gasteiger partial charge in [0.2, 0.25) is 0 Å². The summed E-state index contributed by atoms with van der Waals surface area (Å²) in [5.74, 6) is -1.88. The Morgan fingerprint density at radius 2 is 1.65 bits per heavy atom. The quantitative estimate of drug-likeness (QED) is 0.246. The van der Waals surface area contributed by atoms with Gasteiger partial charge in [0, 0.05) is 5.70 Å². The van der Waals surface area contributed by atoms with Crippen molar-refractivity contribution >= 4 is 34.6 Å². The fourth-order valence-corrected chi connectivity index (χ4v) is 5.47. The lowest BCUT2D eigenvalue weighted by Gasteiger charge is -2.42. The molecule has 0 saturated heterocycles. The number of alkyl halides is 3. The summed E-state index contributed by atoms with van der Waals surface area (Å²) in [5, 5.41) is 18.3. The highest BCUT2D eigenvalue weighted by Gasteiger charge is 2.44. The standard InChI is InChI=1S/C32H24F3N5O5S/c1-3-15-45-30(42)28-20(2)40(25-6-4-5-24(16-25)32(33,34)35)31(43)39(29(28)23-11-7-21(17-36)8-12-23)19-27(41)38-46(44)26-13-9-22(18-37)10-14-26/h3-14,16,29H,1,15,19H2,2H3,(H,38,41). The number of carbonyl (C=O) groups is 3. The van der Waals surface area contributed by atoms with Crippen molar-refractivity contribution in [2.45, 2.75) is 24.0 Å². The zero-order valence-electron chi connectivity index (χ0n) is 24.1. The van der Waals surface area contributed by atoms with Crippen LogP contribution in [-0.4, -0.2) is 40.2 Å². The summed E-state index contributed by atoms with van der Waals surface area (Å²) < 4.78 is 61.4. The minimum absolute atomic E-state index is 0.0643. The molecule has 2 unspecified atom stereocenters. The maximum atomic E-state index is 14.2. The highest BCUT2D eigenvalue weighted by Crippen LogP contribution is 2.41. The van der Waals surface area contributed by atoms with Crippen LogP contribution in [0.2, 0.25) is 0 Å². The molecule has 4 rings (SSSR count). The normalized spacial score (nSPS) is 15.4. The molecule has 0 radical (unpaired) electrons. The number of ether oxygens (including phenoxy) is 1. The van der Waals surface area contributed by atoms with Crippen LogP contribution in [0.5, 0.6) is 0 Å². The number of nitrogens with one attached hydrogen (secondary N) is 1. The average molecular weight is 648 g/mol. The van der Waals surface area contributed by atoms with E-state index in [9.17, 15) is 37.0 Å². The number of allylic oxidation sites excluding steroid dienone is 1. The van der Waals surface area contributed by atoms with Gasteiger partial charge < -0.3 is 9.64 Å². The van der Waals surface area contributed by atoms with E-state index in [1.165, 1.54) is 67.6 Å².